The molecule has 0 atom stereocenters. The predicted molar refractivity (Wildman–Crippen MR) is 77.0 cm³/mol. The molecule has 0 amide bonds. The molecular weight excluding hydrogens is 274 g/mol. The van der Waals surface area contributed by atoms with Crippen molar-refractivity contribution in [2.24, 2.45) is 0 Å². The highest BCUT2D eigenvalue weighted by molar-refractivity contribution is 6.11. The number of methoxy groups -OCH3 is 1. The number of hydrogen-bond acceptors (Lipinski definition) is 2. The van der Waals surface area contributed by atoms with E-state index in [2.05, 4.69) is 0 Å². The molecule has 2 aromatic carbocycles. The van der Waals surface area contributed by atoms with Crippen LogP contribution in [0.15, 0.2) is 24.3 Å². The molecule has 0 N–H and O–H groups in total. The van der Waals surface area contributed by atoms with Crippen LogP contribution in [0.4, 0.5) is 8.78 Å². The van der Waals surface area contributed by atoms with E-state index >= 15 is 0 Å². The SMILES string of the molecule is COc1cc(F)c(C(=O)c2c(C)cc(C)cc2C)c(F)c1. The zero-order valence-electron chi connectivity index (χ0n) is 12.4. The minimum absolute atomic E-state index is 0.0406. The number of benzene rings is 2. The Bertz CT molecular complexity index is 675. The fourth-order valence-corrected chi connectivity index (χ4v) is 2.55. The van der Waals surface area contributed by atoms with Gasteiger partial charge < -0.3 is 4.74 Å². The lowest BCUT2D eigenvalue weighted by molar-refractivity contribution is 0.103. The van der Waals surface area contributed by atoms with E-state index < -0.39 is 23.0 Å². The first-order chi connectivity index (χ1) is 9.85. The molecule has 110 valence electrons. The zero-order chi connectivity index (χ0) is 15.7. The van der Waals surface area contributed by atoms with Gasteiger partial charge in [-0.1, -0.05) is 17.7 Å². The van der Waals surface area contributed by atoms with E-state index in [0.29, 0.717) is 16.7 Å². The minimum Gasteiger partial charge on any atom is -0.497 e. The minimum atomic E-state index is -0.920. The van der Waals surface area contributed by atoms with Crippen LogP contribution in [0.1, 0.15) is 32.6 Å². The molecule has 0 unspecified atom stereocenters. The van der Waals surface area contributed by atoms with Crippen molar-refractivity contribution in [3.8, 4) is 5.75 Å². The average Bonchev–Trinajstić information content (AvgIpc) is 2.36. The highest BCUT2D eigenvalue weighted by atomic mass is 19.1. The summed E-state index contributed by atoms with van der Waals surface area (Å²) in [6.45, 7) is 5.42. The van der Waals surface area contributed by atoms with Crippen molar-refractivity contribution in [2.45, 2.75) is 20.8 Å². The Morgan fingerprint density at radius 2 is 1.38 bits per heavy atom. The summed E-state index contributed by atoms with van der Waals surface area (Å²) >= 11 is 0. The third-order valence-corrected chi connectivity index (χ3v) is 3.38. The quantitative estimate of drug-likeness (QED) is 0.794. The van der Waals surface area contributed by atoms with Crippen LogP contribution in [-0.2, 0) is 0 Å². The molecule has 0 saturated carbocycles. The Hall–Kier alpha value is -2.23. The number of rotatable bonds is 3. The van der Waals surface area contributed by atoms with Crippen LogP contribution in [0, 0.1) is 32.4 Å². The Morgan fingerprint density at radius 3 is 1.81 bits per heavy atom. The Morgan fingerprint density at radius 1 is 0.905 bits per heavy atom. The van der Waals surface area contributed by atoms with E-state index in [1.807, 2.05) is 19.1 Å². The highest BCUT2D eigenvalue weighted by Crippen LogP contribution is 2.26. The topological polar surface area (TPSA) is 26.3 Å². The summed E-state index contributed by atoms with van der Waals surface area (Å²) in [6.07, 6.45) is 0. The van der Waals surface area contributed by atoms with E-state index in [0.717, 1.165) is 17.7 Å². The van der Waals surface area contributed by atoms with Crippen molar-refractivity contribution in [3.63, 3.8) is 0 Å². The van der Waals surface area contributed by atoms with Crippen LogP contribution in [-0.4, -0.2) is 12.9 Å². The lowest BCUT2D eigenvalue weighted by Gasteiger charge is -2.12. The predicted octanol–water partition coefficient (Wildman–Crippen LogP) is 4.13. The van der Waals surface area contributed by atoms with Crippen LogP contribution in [0.25, 0.3) is 0 Å². The first-order valence-corrected chi connectivity index (χ1v) is 6.50. The van der Waals surface area contributed by atoms with Gasteiger partial charge in [0.15, 0.2) is 5.78 Å². The van der Waals surface area contributed by atoms with Gasteiger partial charge in [0.1, 0.15) is 17.4 Å². The standard InChI is InChI=1S/C17H16F2O2/c1-9-5-10(2)15(11(3)6-9)17(20)16-13(18)7-12(21-4)8-14(16)19/h5-8H,1-4H3. The Labute approximate surface area is 122 Å². The van der Waals surface area contributed by atoms with Crippen molar-refractivity contribution >= 4 is 5.78 Å². The second-order valence-corrected chi connectivity index (χ2v) is 5.07. The normalized spacial score (nSPS) is 10.6. The van der Waals surface area contributed by atoms with Crippen LogP contribution >= 0.6 is 0 Å². The lowest BCUT2D eigenvalue weighted by Crippen LogP contribution is -2.11. The van der Waals surface area contributed by atoms with Gasteiger partial charge in [-0.3, -0.25) is 4.79 Å². The molecule has 2 rings (SSSR count). The number of aryl methyl sites for hydroxylation is 3. The number of carbonyl (C=O) groups is 1. The fourth-order valence-electron chi connectivity index (χ4n) is 2.55. The molecule has 0 saturated heterocycles. The van der Waals surface area contributed by atoms with E-state index in [-0.39, 0.29) is 5.75 Å². The smallest absolute Gasteiger partial charge is 0.199 e. The van der Waals surface area contributed by atoms with E-state index in [1.54, 1.807) is 13.8 Å². The van der Waals surface area contributed by atoms with Gasteiger partial charge in [0.2, 0.25) is 0 Å². The van der Waals surface area contributed by atoms with Gasteiger partial charge in [0.05, 0.1) is 12.7 Å². The molecule has 0 aliphatic rings. The number of carbonyl (C=O) groups excluding carboxylic acids is 1. The number of ketones is 1. The first kappa shape index (κ1) is 15.2. The molecule has 0 heterocycles. The van der Waals surface area contributed by atoms with E-state index in [9.17, 15) is 13.6 Å². The van der Waals surface area contributed by atoms with Gasteiger partial charge in [0.25, 0.3) is 0 Å². The summed E-state index contributed by atoms with van der Waals surface area (Å²) < 4.78 is 32.9. The maximum atomic E-state index is 14.0. The Kier molecular flexibility index (Phi) is 4.07. The third-order valence-electron chi connectivity index (χ3n) is 3.38. The molecule has 4 heteroatoms. The molecule has 21 heavy (non-hydrogen) atoms. The zero-order valence-corrected chi connectivity index (χ0v) is 12.4. The number of hydrogen-bond donors (Lipinski definition) is 0. The summed E-state index contributed by atoms with van der Waals surface area (Å²) in [6, 6.07) is 5.66. The van der Waals surface area contributed by atoms with Gasteiger partial charge >= 0.3 is 0 Å². The monoisotopic (exact) mass is 290 g/mol. The Balaban J connectivity index is 2.61. The van der Waals surface area contributed by atoms with Crippen molar-refractivity contribution < 1.29 is 18.3 Å². The molecule has 2 nitrogen and oxygen atoms in total. The van der Waals surface area contributed by atoms with Crippen molar-refractivity contribution in [1.82, 2.24) is 0 Å². The van der Waals surface area contributed by atoms with Crippen LogP contribution in [0.5, 0.6) is 5.75 Å². The van der Waals surface area contributed by atoms with Gasteiger partial charge in [-0.05, 0) is 31.9 Å². The average molecular weight is 290 g/mol. The molecule has 0 aliphatic carbocycles. The van der Waals surface area contributed by atoms with Crippen LogP contribution in [0.2, 0.25) is 0 Å². The number of ether oxygens (including phenoxy) is 1. The highest BCUT2D eigenvalue weighted by Gasteiger charge is 2.23. The molecule has 0 bridgehead atoms. The van der Waals surface area contributed by atoms with E-state index in [4.69, 9.17) is 4.74 Å². The largest absolute Gasteiger partial charge is 0.497 e. The molecule has 0 aromatic heterocycles. The van der Waals surface area contributed by atoms with Gasteiger partial charge in [-0.15, -0.1) is 0 Å². The molecule has 0 radical (unpaired) electrons. The summed E-state index contributed by atoms with van der Waals surface area (Å²) in [5.74, 6) is -2.45. The molecule has 0 aliphatic heterocycles. The molecular formula is C17H16F2O2. The second-order valence-electron chi connectivity index (χ2n) is 5.07. The van der Waals surface area contributed by atoms with Crippen LogP contribution in [0.3, 0.4) is 0 Å². The fraction of sp³-hybridized carbons (Fsp3) is 0.235. The maximum absolute atomic E-state index is 14.0. The van der Waals surface area contributed by atoms with Gasteiger partial charge in [-0.2, -0.15) is 0 Å². The number of halogens is 2. The van der Waals surface area contributed by atoms with Crippen molar-refractivity contribution in [2.75, 3.05) is 7.11 Å². The summed E-state index contributed by atoms with van der Waals surface area (Å²) in [5, 5.41) is 0. The van der Waals surface area contributed by atoms with Crippen molar-refractivity contribution in [3.05, 3.63) is 63.7 Å². The van der Waals surface area contributed by atoms with Gasteiger partial charge in [-0.25, -0.2) is 8.78 Å². The first-order valence-electron chi connectivity index (χ1n) is 6.50. The summed E-state index contributed by atoms with van der Waals surface area (Å²) in [5.41, 5.74) is 2.19. The van der Waals surface area contributed by atoms with E-state index in [1.165, 1.54) is 7.11 Å². The molecule has 2 aromatic rings. The molecule has 0 fully saturated rings. The maximum Gasteiger partial charge on any atom is 0.199 e. The lowest BCUT2D eigenvalue weighted by atomic mass is 9.92. The summed E-state index contributed by atoms with van der Waals surface area (Å²) in [7, 11) is 1.31. The van der Waals surface area contributed by atoms with Gasteiger partial charge in [0, 0.05) is 17.7 Å². The second kappa shape index (κ2) is 5.64. The van der Waals surface area contributed by atoms with Crippen LogP contribution < -0.4 is 4.74 Å². The summed E-state index contributed by atoms with van der Waals surface area (Å²) in [4.78, 5) is 12.5. The van der Waals surface area contributed by atoms with Crippen molar-refractivity contribution in [1.29, 1.82) is 0 Å². The third kappa shape index (κ3) is 2.79. The molecule has 0 spiro atoms.